The Hall–Kier alpha value is -2.21. The van der Waals surface area contributed by atoms with Crippen molar-refractivity contribution in [1.29, 1.82) is 0 Å². The number of methoxy groups -OCH3 is 2. The molecule has 0 aliphatic carbocycles. The van der Waals surface area contributed by atoms with Crippen LogP contribution in [0.1, 0.15) is 29.8 Å². The number of benzene rings is 1. The molecular weight excluding hydrogens is 304 g/mol. The molecule has 6 heteroatoms. The molecule has 24 heavy (non-hydrogen) atoms. The number of nitrogens with one attached hydrogen (secondary N) is 1. The fourth-order valence-electron chi connectivity index (χ4n) is 3.00. The lowest BCUT2D eigenvalue weighted by atomic mass is 10.1. The summed E-state index contributed by atoms with van der Waals surface area (Å²) in [6, 6.07) is 5.97. The zero-order valence-electron chi connectivity index (χ0n) is 15.7. The lowest BCUT2D eigenvalue weighted by Gasteiger charge is -2.20. The first-order valence-corrected chi connectivity index (χ1v) is 8.04. The molecule has 1 aromatic heterocycles. The molecule has 6 nitrogen and oxygen atoms in total. The second-order valence-electron chi connectivity index (χ2n) is 6.12. The highest BCUT2D eigenvalue weighted by molar-refractivity contribution is 5.49. The summed E-state index contributed by atoms with van der Waals surface area (Å²) in [5.74, 6) is 2.79. The van der Waals surface area contributed by atoms with E-state index in [0.29, 0.717) is 0 Å². The Balaban J connectivity index is 2.21. The molecule has 1 N–H and O–H groups in total. The Kier molecular flexibility index (Phi) is 5.72. The molecule has 1 aromatic carbocycles. The second kappa shape index (κ2) is 7.57. The molecule has 2 rings (SSSR count). The number of rotatable bonds is 7. The predicted octanol–water partition coefficient (Wildman–Crippen LogP) is 2.66. The van der Waals surface area contributed by atoms with Gasteiger partial charge in [0.05, 0.1) is 19.9 Å². The zero-order chi connectivity index (χ0) is 17.9. The van der Waals surface area contributed by atoms with E-state index in [0.717, 1.165) is 35.1 Å². The van der Waals surface area contributed by atoms with Gasteiger partial charge in [-0.25, -0.2) is 0 Å². The van der Waals surface area contributed by atoms with Crippen molar-refractivity contribution in [2.24, 2.45) is 7.05 Å². The molecule has 0 radical (unpaired) electrons. The van der Waals surface area contributed by atoms with E-state index >= 15 is 0 Å². The average molecular weight is 332 g/mol. The van der Waals surface area contributed by atoms with Gasteiger partial charge in [-0.2, -0.15) is 5.10 Å². The average Bonchev–Trinajstić information content (AvgIpc) is 2.85. The third kappa shape index (κ3) is 3.64. The van der Waals surface area contributed by atoms with Crippen molar-refractivity contribution < 1.29 is 9.47 Å². The highest BCUT2D eigenvalue weighted by atomic mass is 16.5. The topological polar surface area (TPSA) is 51.6 Å². The molecule has 0 aliphatic rings. The first-order chi connectivity index (χ1) is 11.4. The van der Waals surface area contributed by atoms with Crippen LogP contribution in [-0.2, 0) is 13.6 Å². The maximum atomic E-state index is 5.49. The minimum Gasteiger partial charge on any atom is -0.497 e. The zero-order valence-corrected chi connectivity index (χ0v) is 15.7. The van der Waals surface area contributed by atoms with Gasteiger partial charge in [-0.1, -0.05) is 0 Å². The smallest absolute Gasteiger partial charge is 0.130 e. The molecular formula is C18H28N4O2. The number of anilines is 1. The van der Waals surface area contributed by atoms with Gasteiger partial charge in [-0.3, -0.25) is 4.68 Å². The van der Waals surface area contributed by atoms with Gasteiger partial charge in [0.2, 0.25) is 0 Å². The van der Waals surface area contributed by atoms with Crippen molar-refractivity contribution in [2.75, 3.05) is 33.2 Å². The van der Waals surface area contributed by atoms with E-state index < -0.39 is 0 Å². The molecule has 1 heterocycles. The van der Waals surface area contributed by atoms with Crippen LogP contribution in [0.4, 0.5) is 5.82 Å². The summed E-state index contributed by atoms with van der Waals surface area (Å²) in [6.07, 6.45) is 0. The van der Waals surface area contributed by atoms with Gasteiger partial charge in [0.25, 0.3) is 0 Å². The van der Waals surface area contributed by atoms with Crippen LogP contribution in [0.25, 0.3) is 0 Å². The van der Waals surface area contributed by atoms with Crippen molar-refractivity contribution in [3.63, 3.8) is 0 Å². The summed E-state index contributed by atoms with van der Waals surface area (Å²) in [6.45, 7) is 4.90. The van der Waals surface area contributed by atoms with Crippen molar-refractivity contribution in [3.05, 3.63) is 35.0 Å². The van der Waals surface area contributed by atoms with Crippen LogP contribution in [0.15, 0.2) is 18.2 Å². The number of aryl methyl sites for hydroxylation is 2. The van der Waals surface area contributed by atoms with E-state index in [4.69, 9.17) is 9.47 Å². The SMILES string of the molecule is COc1ccc(OC)c(C(C)NCc2c(C)nn(C)c2N(C)C)c1. The van der Waals surface area contributed by atoms with Gasteiger partial charge in [0, 0.05) is 44.9 Å². The number of hydrogen-bond donors (Lipinski definition) is 1. The van der Waals surface area contributed by atoms with Crippen LogP contribution in [0.3, 0.4) is 0 Å². The van der Waals surface area contributed by atoms with Crippen LogP contribution >= 0.6 is 0 Å². The molecule has 0 spiro atoms. The Morgan fingerprint density at radius 3 is 2.54 bits per heavy atom. The number of nitrogens with zero attached hydrogens (tertiary/aromatic N) is 3. The highest BCUT2D eigenvalue weighted by Crippen LogP contribution is 2.30. The summed E-state index contributed by atoms with van der Waals surface area (Å²) in [4.78, 5) is 2.09. The second-order valence-corrected chi connectivity index (χ2v) is 6.12. The monoisotopic (exact) mass is 332 g/mol. The standard InChI is InChI=1S/C18H28N4O2/c1-12(15-10-14(23-6)8-9-17(15)24-7)19-11-16-13(2)20-22(5)18(16)21(3)4/h8-10,12,19H,11H2,1-7H3. The summed E-state index contributed by atoms with van der Waals surface area (Å²) in [5.41, 5.74) is 3.32. The van der Waals surface area contributed by atoms with Gasteiger partial charge in [0.1, 0.15) is 17.3 Å². The van der Waals surface area contributed by atoms with E-state index in [1.54, 1.807) is 14.2 Å². The molecule has 1 atom stereocenters. The Morgan fingerprint density at radius 2 is 1.96 bits per heavy atom. The van der Waals surface area contributed by atoms with Crippen LogP contribution < -0.4 is 19.7 Å². The molecule has 0 amide bonds. The molecule has 1 unspecified atom stereocenters. The third-order valence-electron chi connectivity index (χ3n) is 4.23. The largest absolute Gasteiger partial charge is 0.497 e. The van der Waals surface area contributed by atoms with Crippen LogP contribution in [0, 0.1) is 6.92 Å². The first kappa shape index (κ1) is 18.1. The van der Waals surface area contributed by atoms with Gasteiger partial charge >= 0.3 is 0 Å². The molecule has 2 aromatic rings. The summed E-state index contributed by atoms with van der Waals surface area (Å²) < 4.78 is 12.7. The van der Waals surface area contributed by atoms with Gasteiger partial charge < -0.3 is 19.7 Å². The summed E-state index contributed by atoms with van der Waals surface area (Å²) in [7, 11) is 9.41. The molecule has 0 fully saturated rings. The lowest BCUT2D eigenvalue weighted by molar-refractivity contribution is 0.391. The van der Waals surface area contributed by atoms with Crippen LogP contribution in [0.5, 0.6) is 11.5 Å². The van der Waals surface area contributed by atoms with E-state index in [1.807, 2.05) is 50.9 Å². The van der Waals surface area contributed by atoms with Gasteiger partial charge in [-0.05, 0) is 32.0 Å². The van der Waals surface area contributed by atoms with Gasteiger partial charge in [0.15, 0.2) is 0 Å². The van der Waals surface area contributed by atoms with E-state index in [1.165, 1.54) is 5.56 Å². The van der Waals surface area contributed by atoms with Crippen LogP contribution in [0.2, 0.25) is 0 Å². The quantitative estimate of drug-likeness (QED) is 0.845. The normalized spacial score (nSPS) is 12.1. The minimum absolute atomic E-state index is 0.115. The van der Waals surface area contributed by atoms with Crippen molar-refractivity contribution in [1.82, 2.24) is 15.1 Å². The van der Waals surface area contributed by atoms with Crippen molar-refractivity contribution >= 4 is 5.82 Å². The Bertz CT molecular complexity index is 695. The highest BCUT2D eigenvalue weighted by Gasteiger charge is 2.17. The molecule has 0 saturated heterocycles. The number of hydrogen-bond acceptors (Lipinski definition) is 5. The Labute approximate surface area is 144 Å². The van der Waals surface area contributed by atoms with E-state index in [-0.39, 0.29) is 6.04 Å². The first-order valence-electron chi connectivity index (χ1n) is 8.04. The molecule has 0 aliphatic heterocycles. The number of ether oxygens (including phenoxy) is 2. The minimum atomic E-state index is 0.115. The third-order valence-corrected chi connectivity index (χ3v) is 4.23. The summed E-state index contributed by atoms with van der Waals surface area (Å²) >= 11 is 0. The van der Waals surface area contributed by atoms with Crippen LogP contribution in [-0.4, -0.2) is 38.1 Å². The maximum Gasteiger partial charge on any atom is 0.130 e. The maximum absolute atomic E-state index is 5.49. The van der Waals surface area contributed by atoms with E-state index in [2.05, 4.69) is 22.2 Å². The van der Waals surface area contributed by atoms with Crippen molar-refractivity contribution in [3.8, 4) is 11.5 Å². The molecule has 0 saturated carbocycles. The fourth-order valence-corrected chi connectivity index (χ4v) is 3.00. The predicted molar refractivity (Wildman–Crippen MR) is 97.1 cm³/mol. The summed E-state index contributed by atoms with van der Waals surface area (Å²) in [5, 5.41) is 8.11. The number of aromatic nitrogens is 2. The van der Waals surface area contributed by atoms with Crippen molar-refractivity contribution in [2.45, 2.75) is 26.4 Å². The lowest BCUT2D eigenvalue weighted by Crippen LogP contribution is -2.21. The molecule has 132 valence electrons. The fraction of sp³-hybridized carbons (Fsp3) is 0.500. The Morgan fingerprint density at radius 1 is 1.25 bits per heavy atom. The van der Waals surface area contributed by atoms with E-state index in [9.17, 15) is 0 Å². The molecule has 0 bridgehead atoms. The van der Waals surface area contributed by atoms with Gasteiger partial charge in [-0.15, -0.1) is 0 Å².